The number of hydrogen-bond acceptors (Lipinski definition) is 5. The van der Waals surface area contributed by atoms with Gasteiger partial charge in [0.15, 0.2) is 0 Å². The van der Waals surface area contributed by atoms with Crippen molar-refractivity contribution in [2.24, 2.45) is 0 Å². The molecule has 1 unspecified atom stereocenters. The largest absolute Gasteiger partial charge is 0.397 e. The zero-order chi connectivity index (χ0) is 24.6. The van der Waals surface area contributed by atoms with Crippen LogP contribution >= 0.6 is 0 Å². The number of hydrogen-bond donors (Lipinski definition) is 2. The first kappa shape index (κ1) is 24.8. The molecule has 6 heteroatoms. The molecule has 1 fully saturated rings. The number of anilines is 2. The summed E-state index contributed by atoms with van der Waals surface area (Å²) in [5, 5.41) is 3.23. The van der Waals surface area contributed by atoms with Gasteiger partial charge in [-0.05, 0) is 49.8 Å². The highest BCUT2D eigenvalue weighted by Crippen LogP contribution is 2.26. The van der Waals surface area contributed by atoms with Crippen LogP contribution < -0.4 is 16.0 Å². The summed E-state index contributed by atoms with van der Waals surface area (Å²) < 4.78 is 0. The van der Waals surface area contributed by atoms with Crippen molar-refractivity contribution >= 4 is 17.3 Å². The van der Waals surface area contributed by atoms with E-state index < -0.39 is 0 Å². The van der Waals surface area contributed by atoms with Crippen molar-refractivity contribution in [2.45, 2.75) is 12.5 Å². The lowest BCUT2D eigenvalue weighted by molar-refractivity contribution is 0.0936. The number of nitrogens with one attached hydrogen (secondary N) is 1. The highest BCUT2D eigenvalue weighted by Gasteiger charge is 2.21. The summed E-state index contributed by atoms with van der Waals surface area (Å²) in [5.74, 6) is -0.110. The van der Waals surface area contributed by atoms with Crippen LogP contribution in [-0.2, 0) is 6.42 Å². The summed E-state index contributed by atoms with van der Waals surface area (Å²) in [7, 11) is 4.22. The second-order valence-electron chi connectivity index (χ2n) is 9.53. The van der Waals surface area contributed by atoms with Gasteiger partial charge >= 0.3 is 0 Å². The van der Waals surface area contributed by atoms with Gasteiger partial charge in [0.25, 0.3) is 5.91 Å². The van der Waals surface area contributed by atoms with E-state index >= 15 is 0 Å². The van der Waals surface area contributed by atoms with Gasteiger partial charge in [-0.25, -0.2) is 0 Å². The van der Waals surface area contributed by atoms with Crippen molar-refractivity contribution in [2.75, 3.05) is 64.0 Å². The maximum absolute atomic E-state index is 13.2. The standard InChI is InChI=1S/C29H37N5O/c1-32(2)15-16-33-17-19-34(20-18-33)28-14-13-25(22-26(28)30)29(35)31-27(24-11-7-4-8-12-24)21-23-9-5-3-6-10-23/h3-14,22,27H,15-21,30H2,1-2H3,(H,31,35). The summed E-state index contributed by atoms with van der Waals surface area (Å²) in [4.78, 5) is 20.3. The van der Waals surface area contributed by atoms with Crippen LogP contribution in [-0.4, -0.2) is 69.1 Å². The second-order valence-corrected chi connectivity index (χ2v) is 9.53. The molecule has 1 heterocycles. The first-order chi connectivity index (χ1) is 17.0. The number of amides is 1. The molecule has 0 radical (unpaired) electrons. The molecule has 0 aliphatic carbocycles. The van der Waals surface area contributed by atoms with Crippen LogP contribution in [0.15, 0.2) is 78.9 Å². The Morgan fingerprint density at radius 2 is 1.60 bits per heavy atom. The average Bonchev–Trinajstić information content (AvgIpc) is 2.88. The van der Waals surface area contributed by atoms with E-state index in [1.807, 2.05) is 54.6 Å². The van der Waals surface area contributed by atoms with Gasteiger partial charge in [-0.1, -0.05) is 60.7 Å². The molecule has 184 valence electrons. The third kappa shape index (κ3) is 6.84. The molecule has 4 rings (SSSR count). The molecule has 1 aliphatic heterocycles. The lowest BCUT2D eigenvalue weighted by Crippen LogP contribution is -2.48. The lowest BCUT2D eigenvalue weighted by Gasteiger charge is -2.37. The Morgan fingerprint density at radius 3 is 2.23 bits per heavy atom. The SMILES string of the molecule is CN(C)CCN1CCN(c2ccc(C(=O)NC(Cc3ccccc3)c3ccccc3)cc2N)CC1. The molecule has 1 saturated heterocycles. The van der Waals surface area contributed by atoms with Gasteiger partial charge in [0, 0.05) is 44.8 Å². The van der Waals surface area contributed by atoms with Gasteiger partial charge in [0.05, 0.1) is 17.4 Å². The molecule has 1 atom stereocenters. The van der Waals surface area contributed by atoms with E-state index in [9.17, 15) is 4.79 Å². The number of nitrogen functional groups attached to an aromatic ring is 1. The van der Waals surface area contributed by atoms with E-state index in [1.165, 1.54) is 5.56 Å². The minimum atomic E-state index is -0.123. The van der Waals surface area contributed by atoms with Crippen LogP contribution in [0.1, 0.15) is 27.5 Å². The normalized spacial score (nSPS) is 15.2. The summed E-state index contributed by atoms with van der Waals surface area (Å²) in [5.41, 5.74) is 11.0. The molecule has 1 aliphatic rings. The number of carbonyl (C=O) groups excluding carboxylic acids is 1. The van der Waals surface area contributed by atoms with Gasteiger partial charge in [0.1, 0.15) is 0 Å². The van der Waals surface area contributed by atoms with Gasteiger partial charge in [-0.2, -0.15) is 0 Å². The molecule has 1 amide bonds. The minimum Gasteiger partial charge on any atom is -0.397 e. The first-order valence-corrected chi connectivity index (χ1v) is 12.4. The molecule has 6 nitrogen and oxygen atoms in total. The molecular formula is C29H37N5O. The first-order valence-electron chi connectivity index (χ1n) is 12.4. The maximum Gasteiger partial charge on any atom is 0.251 e. The predicted octanol–water partition coefficient (Wildman–Crippen LogP) is 3.67. The molecule has 0 saturated carbocycles. The molecule has 3 aromatic rings. The summed E-state index contributed by atoms with van der Waals surface area (Å²) >= 11 is 0. The average molecular weight is 472 g/mol. The predicted molar refractivity (Wildman–Crippen MR) is 145 cm³/mol. The number of nitrogens with two attached hydrogens (primary N) is 1. The number of rotatable bonds is 9. The van der Waals surface area contributed by atoms with Gasteiger partial charge in [0.2, 0.25) is 0 Å². The monoisotopic (exact) mass is 471 g/mol. The van der Waals surface area contributed by atoms with E-state index in [0.717, 1.165) is 56.9 Å². The molecule has 35 heavy (non-hydrogen) atoms. The van der Waals surface area contributed by atoms with E-state index in [1.54, 1.807) is 0 Å². The van der Waals surface area contributed by atoms with Crippen molar-refractivity contribution in [3.8, 4) is 0 Å². The Bertz CT molecular complexity index is 1080. The number of nitrogens with zero attached hydrogens (tertiary/aromatic N) is 3. The van der Waals surface area contributed by atoms with E-state index in [0.29, 0.717) is 11.3 Å². The molecule has 0 bridgehead atoms. The highest BCUT2D eigenvalue weighted by atomic mass is 16.1. The number of carbonyl (C=O) groups is 1. The summed E-state index contributed by atoms with van der Waals surface area (Å²) in [6.45, 7) is 6.08. The van der Waals surface area contributed by atoms with E-state index in [-0.39, 0.29) is 11.9 Å². The fourth-order valence-electron chi connectivity index (χ4n) is 4.57. The topological polar surface area (TPSA) is 64.8 Å². The Hall–Kier alpha value is -3.35. The fraction of sp³-hybridized carbons (Fsp3) is 0.345. The highest BCUT2D eigenvalue weighted by molar-refractivity contribution is 5.96. The Labute approximate surface area is 209 Å². The van der Waals surface area contributed by atoms with E-state index in [2.05, 4.69) is 58.4 Å². The molecule has 0 aromatic heterocycles. The zero-order valence-corrected chi connectivity index (χ0v) is 20.9. The van der Waals surface area contributed by atoms with Crippen LogP contribution in [0.3, 0.4) is 0 Å². The summed E-state index contributed by atoms with van der Waals surface area (Å²) in [6, 6.07) is 26.0. The Kier molecular flexibility index (Phi) is 8.40. The van der Waals surface area contributed by atoms with Crippen LogP contribution in [0.5, 0.6) is 0 Å². The Balaban J connectivity index is 1.42. The Morgan fingerprint density at radius 1 is 0.943 bits per heavy atom. The van der Waals surface area contributed by atoms with Crippen molar-refractivity contribution in [1.82, 2.24) is 15.1 Å². The summed E-state index contributed by atoms with van der Waals surface area (Å²) in [6.07, 6.45) is 0.724. The molecule has 0 spiro atoms. The van der Waals surface area contributed by atoms with Crippen molar-refractivity contribution < 1.29 is 4.79 Å². The third-order valence-electron chi connectivity index (χ3n) is 6.66. The van der Waals surface area contributed by atoms with Crippen molar-refractivity contribution in [3.05, 3.63) is 95.6 Å². The van der Waals surface area contributed by atoms with Crippen LogP contribution in [0.25, 0.3) is 0 Å². The van der Waals surface area contributed by atoms with Gasteiger partial charge in [-0.15, -0.1) is 0 Å². The second kappa shape index (κ2) is 11.9. The smallest absolute Gasteiger partial charge is 0.251 e. The van der Waals surface area contributed by atoms with Crippen molar-refractivity contribution in [1.29, 1.82) is 0 Å². The van der Waals surface area contributed by atoms with E-state index in [4.69, 9.17) is 5.73 Å². The molecule has 3 aromatic carbocycles. The fourth-order valence-corrected chi connectivity index (χ4v) is 4.57. The van der Waals surface area contributed by atoms with Gasteiger partial charge < -0.3 is 20.9 Å². The number of likely N-dealkylation sites (N-methyl/N-ethyl adjacent to an activating group) is 1. The number of piperazine rings is 1. The van der Waals surface area contributed by atoms with Crippen molar-refractivity contribution in [3.63, 3.8) is 0 Å². The van der Waals surface area contributed by atoms with Crippen LogP contribution in [0.2, 0.25) is 0 Å². The number of benzene rings is 3. The zero-order valence-electron chi connectivity index (χ0n) is 20.9. The lowest BCUT2D eigenvalue weighted by atomic mass is 9.98. The third-order valence-corrected chi connectivity index (χ3v) is 6.66. The van der Waals surface area contributed by atoms with Gasteiger partial charge in [-0.3, -0.25) is 9.69 Å². The molecule has 3 N–H and O–H groups in total. The maximum atomic E-state index is 13.2. The quantitative estimate of drug-likeness (QED) is 0.466. The van der Waals surface area contributed by atoms with Crippen LogP contribution in [0.4, 0.5) is 11.4 Å². The minimum absolute atomic E-state index is 0.110. The molecular weight excluding hydrogens is 434 g/mol. The van der Waals surface area contributed by atoms with Crippen LogP contribution in [0, 0.1) is 0 Å².